The molecule has 11 nitrogen and oxygen atoms in total. The van der Waals surface area contributed by atoms with Gasteiger partial charge in [-0.2, -0.15) is 0 Å². The third-order valence-corrected chi connectivity index (χ3v) is 7.86. The van der Waals surface area contributed by atoms with E-state index in [1.807, 2.05) is 81.4 Å². The first-order valence-electron chi connectivity index (χ1n) is 16.5. The lowest BCUT2D eigenvalue weighted by Crippen LogP contribution is -2.48. The largest absolute Gasteiger partial charge is 0.496 e. The molecule has 1 aliphatic rings. The Balaban J connectivity index is 1.30. The summed E-state index contributed by atoms with van der Waals surface area (Å²) in [6, 6.07) is 23.7. The first kappa shape index (κ1) is 36.4. The van der Waals surface area contributed by atoms with Crippen molar-refractivity contribution in [3.63, 3.8) is 0 Å². The maximum atomic E-state index is 12.9. The van der Waals surface area contributed by atoms with Gasteiger partial charge in [0.1, 0.15) is 29.5 Å². The Morgan fingerprint density at radius 2 is 1.65 bits per heavy atom. The molecule has 258 valence electrons. The number of ether oxygens (including phenoxy) is 6. The van der Waals surface area contributed by atoms with E-state index in [-0.39, 0.29) is 18.1 Å². The highest BCUT2D eigenvalue weighted by Gasteiger charge is 2.35. The first-order valence-corrected chi connectivity index (χ1v) is 16.5. The number of benzene rings is 3. The minimum absolute atomic E-state index is 0.0808. The van der Waals surface area contributed by atoms with Crippen LogP contribution in [-0.2, 0) is 27.2 Å². The molecule has 4 rings (SSSR count). The van der Waals surface area contributed by atoms with Gasteiger partial charge in [0, 0.05) is 35.9 Å². The van der Waals surface area contributed by atoms with E-state index >= 15 is 0 Å². The van der Waals surface area contributed by atoms with Gasteiger partial charge in [0.2, 0.25) is 0 Å². The number of methoxy groups -OCH3 is 1. The van der Waals surface area contributed by atoms with Crippen molar-refractivity contribution in [2.24, 2.45) is 5.11 Å². The lowest BCUT2D eigenvalue weighted by Gasteiger charge is -2.39. The molecular weight excluding hydrogens is 612 g/mol. The smallest absolute Gasteiger partial charge is 0.410 e. The van der Waals surface area contributed by atoms with Crippen LogP contribution in [0.2, 0.25) is 0 Å². The molecule has 0 bridgehead atoms. The number of carbonyl (C=O) groups is 1. The van der Waals surface area contributed by atoms with Crippen LogP contribution in [0.4, 0.5) is 4.79 Å². The first-order chi connectivity index (χ1) is 23.3. The van der Waals surface area contributed by atoms with Crippen LogP contribution in [-0.4, -0.2) is 75.9 Å². The zero-order valence-electron chi connectivity index (χ0n) is 28.5. The fraction of sp³-hybridized carbons (Fsp3) is 0.486. The Bertz CT molecular complexity index is 1470. The Hall–Kier alpha value is -4.44. The number of hydrogen-bond donors (Lipinski definition) is 0. The van der Waals surface area contributed by atoms with Crippen molar-refractivity contribution in [1.82, 2.24) is 4.90 Å². The highest BCUT2D eigenvalue weighted by Crippen LogP contribution is 2.32. The average molecular weight is 661 g/mol. The second kappa shape index (κ2) is 18.8. The van der Waals surface area contributed by atoms with E-state index in [0.717, 1.165) is 46.8 Å². The van der Waals surface area contributed by atoms with Gasteiger partial charge in [-0.1, -0.05) is 53.6 Å². The molecule has 11 heteroatoms. The molecule has 0 aliphatic carbocycles. The molecule has 0 aromatic heterocycles. The number of para-hydroxylation sites is 2. The molecule has 0 saturated carbocycles. The van der Waals surface area contributed by atoms with Gasteiger partial charge in [-0.15, -0.1) is 0 Å². The fourth-order valence-corrected chi connectivity index (χ4v) is 5.54. The summed E-state index contributed by atoms with van der Waals surface area (Å²) < 4.78 is 35.3. The number of amides is 1. The van der Waals surface area contributed by atoms with Crippen molar-refractivity contribution in [3.05, 3.63) is 99.9 Å². The summed E-state index contributed by atoms with van der Waals surface area (Å²) in [6.45, 7) is 9.24. The fourth-order valence-electron chi connectivity index (χ4n) is 5.54. The summed E-state index contributed by atoms with van der Waals surface area (Å²) in [4.78, 5) is 17.5. The standard InChI is InChI=1S/C37H48N4O7/c1-37(2,3)48-36(42)41-21-19-32(35(26-41)47-25-24-46-34-13-8-5-10-29(34)18-20-39-40-38)28-14-16-31(17-15-28)45-23-9-22-44-27-30-11-6-7-12-33(30)43-4/h5-8,10-17,32,35H,9,18-27H2,1-4H3. The minimum atomic E-state index is -0.582. The number of azide groups is 1. The molecule has 2 unspecified atom stereocenters. The predicted octanol–water partition coefficient (Wildman–Crippen LogP) is 7.72. The van der Waals surface area contributed by atoms with Gasteiger partial charge in [-0.3, -0.25) is 0 Å². The zero-order valence-corrected chi connectivity index (χ0v) is 28.5. The monoisotopic (exact) mass is 660 g/mol. The molecule has 1 heterocycles. The van der Waals surface area contributed by atoms with Crippen molar-refractivity contribution in [1.29, 1.82) is 0 Å². The molecule has 0 radical (unpaired) electrons. The highest BCUT2D eigenvalue weighted by atomic mass is 16.6. The lowest BCUT2D eigenvalue weighted by molar-refractivity contribution is -0.0358. The number of nitrogens with zero attached hydrogens (tertiary/aromatic N) is 4. The van der Waals surface area contributed by atoms with E-state index in [2.05, 4.69) is 22.2 Å². The van der Waals surface area contributed by atoms with Crippen molar-refractivity contribution in [2.75, 3.05) is 53.2 Å². The van der Waals surface area contributed by atoms with Gasteiger partial charge in [0.25, 0.3) is 0 Å². The van der Waals surface area contributed by atoms with Gasteiger partial charge >= 0.3 is 6.09 Å². The van der Waals surface area contributed by atoms with Crippen LogP contribution >= 0.6 is 0 Å². The van der Waals surface area contributed by atoms with Crippen LogP contribution in [0.3, 0.4) is 0 Å². The molecule has 0 N–H and O–H groups in total. The van der Waals surface area contributed by atoms with Gasteiger partial charge in [-0.05, 0) is 74.5 Å². The van der Waals surface area contributed by atoms with Crippen molar-refractivity contribution >= 4 is 6.09 Å². The number of carbonyl (C=O) groups excluding carboxylic acids is 1. The van der Waals surface area contributed by atoms with E-state index in [4.69, 9.17) is 34.0 Å². The molecule has 3 aromatic carbocycles. The second-order valence-electron chi connectivity index (χ2n) is 12.5. The van der Waals surface area contributed by atoms with Crippen LogP contribution in [0, 0.1) is 0 Å². The minimum Gasteiger partial charge on any atom is -0.496 e. The highest BCUT2D eigenvalue weighted by molar-refractivity contribution is 5.68. The van der Waals surface area contributed by atoms with Crippen molar-refractivity contribution in [3.8, 4) is 17.2 Å². The maximum absolute atomic E-state index is 12.9. The summed E-state index contributed by atoms with van der Waals surface area (Å²) in [5, 5.41) is 3.63. The summed E-state index contributed by atoms with van der Waals surface area (Å²) in [5.41, 5.74) is 11.1. The van der Waals surface area contributed by atoms with Crippen LogP contribution in [0.5, 0.6) is 17.2 Å². The maximum Gasteiger partial charge on any atom is 0.410 e. The number of rotatable bonds is 17. The molecule has 1 aliphatic heterocycles. The van der Waals surface area contributed by atoms with E-state index in [9.17, 15) is 4.79 Å². The SMILES string of the molecule is COc1ccccc1COCCCOc1ccc(C2CCN(C(=O)OC(C)(C)C)CC2OCCOc2ccccc2CCN=[N+]=[N-])cc1. The Morgan fingerprint density at radius 3 is 2.38 bits per heavy atom. The van der Waals surface area contributed by atoms with Gasteiger partial charge in [0.05, 0.1) is 46.2 Å². The Labute approximate surface area is 283 Å². The summed E-state index contributed by atoms with van der Waals surface area (Å²) in [5.74, 6) is 2.44. The molecule has 1 saturated heterocycles. The van der Waals surface area contributed by atoms with Gasteiger partial charge in [0.15, 0.2) is 0 Å². The predicted molar refractivity (Wildman–Crippen MR) is 184 cm³/mol. The normalized spacial score (nSPS) is 16.1. The molecular formula is C37H48N4O7. The van der Waals surface area contributed by atoms with Crippen molar-refractivity contribution < 1.29 is 33.2 Å². The Morgan fingerprint density at radius 1 is 0.917 bits per heavy atom. The summed E-state index contributed by atoms with van der Waals surface area (Å²) >= 11 is 0. The van der Waals surface area contributed by atoms with Crippen LogP contribution < -0.4 is 14.2 Å². The molecule has 2 atom stereocenters. The second-order valence-corrected chi connectivity index (χ2v) is 12.5. The van der Waals surface area contributed by atoms with E-state index in [1.165, 1.54) is 0 Å². The molecule has 3 aromatic rings. The van der Waals surface area contributed by atoms with Crippen LogP contribution in [0.15, 0.2) is 77.9 Å². The zero-order chi connectivity index (χ0) is 34.2. The number of hydrogen-bond acceptors (Lipinski definition) is 8. The number of piperidine rings is 1. The topological polar surface area (TPSA) is 124 Å². The quantitative estimate of drug-likeness (QED) is 0.0628. The van der Waals surface area contributed by atoms with Crippen LogP contribution in [0.1, 0.15) is 56.2 Å². The molecule has 0 spiro atoms. The molecule has 1 amide bonds. The third-order valence-electron chi connectivity index (χ3n) is 7.86. The average Bonchev–Trinajstić information content (AvgIpc) is 3.08. The molecule has 1 fully saturated rings. The summed E-state index contributed by atoms with van der Waals surface area (Å²) in [7, 11) is 1.66. The van der Waals surface area contributed by atoms with E-state index in [0.29, 0.717) is 59.1 Å². The summed E-state index contributed by atoms with van der Waals surface area (Å²) in [6.07, 6.45) is 1.50. The van der Waals surface area contributed by atoms with E-state index in [1.54, 1.807) is 12.0 Å². The molecule has 48 heavy (non-hydrogen) atoms. The Kier molecular flexibility index (Phi) is 14.2. The van der Waals surface area contributed by atoms with Crippen molar-refractivity contribution in [2.45, 2.75) is 64.3 Å². The lowest BCUT2D eigenvalue weighted by atomic mass is 9.87. The van der Waals surface area contributed by atoms with Gasteiger partial charge in [-0.25, -0.2) is 4.79 Å². The van der Waals surface area contributed by atoms with E-state index < -0.39 is 5.60 Å². The van der Waals surface area contributed by atoms with Crippen LogP contribution in [0.25, 0.3) is 10.4 Å². The third kappa shape index (κ3) is 11.7. The number of likely N-dealkylation sites (tertiary alicyclic amines) is 1. The van der Waals surface area contributed by atoms with Gasteiger partial charge < -0.3 is 33.3 Å².